The highest BCUT2D eigenvalue weighted by atomic mass is 15.1. The second kappa shape index (κ2) is 15.6. The molecule has 0 spiro atoms. The van der Waals surface area contributed by atoms with Crippen LogP contribution in [0.1, 0.15) is 44.5 Å². The van der Waals surface area contributed by atoms with Crippen LogP contribution in [-0.4, -0.2) is 0 Å². The monoisotopic (exact) mass is 851 g/mol. The third-order valence-corrected chi connectivity index (χ3v) is 14.6. The summed E-state index contributed by atoms with van der Waals surface area (Å²) in [6.07, 6.45) is 0. The molecule has 0 saturated heterocycles. The third kappa shape index (κ3) is 5.75. The van der Waals surface area contributed by atoms with Gasteiger partial charge < -0.3 is 4.90 Å². The van der Waals surface area contributed by atoms with Crippen LogP contribution >= 0.6 is 0 Å². The number of hydrogen-bond donors (Lipinski definition) is 0. The molecule has 1 nitrogen and oxygen atoms in total. The Balaban J connectivity index is 1.01. The van der Waals surface area contributed by atoms with Crippen LogP contribution in [0.4, 0.5) is 17.1 Å². The molecule has 67 heavy (non-hydrogen) atoms. The van der Waals surface area contributed by atoms with Crippen molar-refractivity contribution in [3.8, 4) is 33.4 Å². The number of nitrogens with zero attached hydrogens (tertiary/aromatic N) is 1. The summed E-state index contributed by atoms with van der Waals surface area (Å²) in [7, 11) is 0. The first kappa shape index (κ1) is 38.9. The van der Waals surface area contributed by atoms with Gasteiger partial charge in [0, 0.05) is 16.6 Å². The molecule has 0 heterocycles. The van der Waals surface area contributed by atoms with Crippen molar-refractivity contribution in [2.24, 2.45) is 0 Å². The number of rotatable bonds is 8. The van der Waals surface area contributed by atoms with Gasteiger partial charge in [-0.25, -0.2) is 0 Å². The first-order valence-electron chi connectivity index (χ1n) is 23.3. The Labute approximate surface area is 392 Å². The molecule has 0 amide bonds. The van der Waals surface area contributed by atoms with Crippen LogP contribution in [0.2, 0.25) is 0 Å². The van der Waals surface area contributed by atoms with Crippen LogP contribution in [0.3, 0.4) is 0 Å². The van der Waals surface area contributed by atoms with Crippen molar-refractivity contribution >= 4 is 27.8 Å². The molecule has 314 valence electrons. The van der Waals surface area contributed by atoms with Crippen molar-refractivity contribution in [3.05, 3.63) is 317 Å². The average molecular weight is 852 g/mol. The Morgan fingerprint density at radius 3 is 1.33 bits per heavy atom. The predicted octanol–water partition coefficient (Wildman–Crippen LogP) is 16.7. The molecule has 0 saturated carbocycles. The van der Waals surface area contributed by atoms with E-state index in [1.807, 2.05) is 0 Å². The first-order valence-corrected chi connectivity index (χ1v) is 23.3. The fourth-order valence-electron chi connectivity index (χ4n) is 11.9. The maximum Gasteiger partial charge on any atom is 0.0714 e. The van der Waals surface area contributed by atoms with E-state index in [0.717, 1.165) is 17.1 Å². The summed E-state index contributed by atoms with van der Waals surface area (Å²) in [6.45, 7) is 0. The summed E-state index contributed by atoms with van der Waals surface area (Å²) in [6, 6.07) is 101. The highest BCUT2D eigenvalue weighted by molar-refractivity contribution is 6.03. The summed E-state index contributed by atoms with van der Waals surface area (Å²) in [4.78, 5) is 2.50. The molecule has 11 aromatic rings. The Morgan fingerprint density at radius 1 is 0.269 bits per heavy atom. The van der Waals surface area contributed by atoms with Crippen molar-refractivity contribution in [2.75, 3.05) is 4.90 Å². The zero-order chi connectivity index (χ0) is 44.4. The maximum atomic E-state index is 2.50. The Morgan fingerprint density at radius 2 is 0.701 bits per heavy atom. The normalized spacial score (nSPS) is 13.6. The molecule has 0 aromatic heterocycles. The largest absolute Gasteiger partial charge is 0.309 e. The minimum absolute atomic E-state index is 0.464. The van der Waals surface area contributed by atoms with Gasteiger partial charge in [0.15, 0.2) is 0 Å². The van der Waals surface area contributed by atoms with Crippen LogP contribution in [0.25, 0.3) is 44.2 Å². The molecule has 0 radical (unpaired) electrons. The van der Waals surface area contributed by atoms with Crippen LogP contribution in [0.15, 0.2) is 273 Å². The van der Waals surface area contributed by atoms with Gasteiger partial charge in [0.05, 0.1) is 22.2 Å². The Bertz CT molecular complexity index is 3530. The molecule has 0 bridgehead atoms. The topological polar surface area (TPSA) is 3.24 Å². The molecular weight excluding hydrogens is 807 g/mol. The van der Waals surface area contributed by atoms with E-state index >= 15 is 0 Å². The van der Waals surface area contributed by atoms with Gasteiger partial charge in [-0.05, 0) is 108 Å². The van der Waals surface area contributed by atoms with E-state index in [1.54, 1.807) is 0 Å². The molecular formula is C66H45N. The van der Waals surface area contributed by atoms with Gasteiger partial charge in [0.25, 0.3) is 0 Å². The molecule has 0 aliphatic heterocycles. The molecule has 11 aromatic carbocycles. The fourth-order valence-corrected chi connectivity index (χ4v) is 11.9. The molecule has 2 aliphatic rings. The third-order valence-electron chi connectivity index (χ3n) is 14.6. The fraction of sp³-hybridized carbons (Fsp3) is 0.0303. The van der Waals surface area contributed by atoms with Gasteiger partial charge in [-0.15, -0.1) is 0 Å². The SMILES string of the molecule is c1ccc(C2(c3ccccc3)c3ccccc3-c3ccc(-c4ccc(N(c5cccc6c5-c5ccccc5C6(c5ccccc5)c5ccccc5)c5cccc6ccccc56)cc4)cc32)cc1. The van der Waals surface area contributed by atoms with Crippen molar-refractivity contribution in [2.45, 2.75) is 10.8 Å². The second-order valence-corrected chi connectivity index (χ2v) is 17.9. The van der Waals surface area contributed by atoms with Gasteiger partial charge in [0.2, 0.25) is 0 Å². The van der Waals surface area contributed by atoms with Crippen molar-refractivity contribution in [3.63, 3.8) is 0 Å². The number of hydrogen-bond acceptors (Lipinski definition) is 1. The highest BCUT2D eigenvalue weighted by Gasteiger charge is 2.48. The molecule has 2 aliphatic carbocycles. The minimum Gasteiger partial charge on any atom is -0.309 e. The van der Waals surface area contributed by atoms with Crippen LogP contribution < -0.4 is 4.90 Å². The lowest BCUT2D eigenvalue weighted by molar-refractivity contribution is 0.768. The average Bonchev–Trinajstić information content (AvgIpc) is 3.89. The van der Waals surface area contributed by atoms with Crippen molar-refractivity contribution in [1.82, 2.24) is 0 Å². The smallest absolute Gasteiger partial charge is 0.0714 e. The van der Waals surface area contributed by atoms with E-state index in [4.69, 9.17) is 0 Å². The van der Waals surface area contributed by atoms with Crippen molar-refractivity contribution < 1.29 is 0 Å². The quantitative estimate of drug-likeness (QED) is 0.147. The number of fused-ring (bicyclic) bond motifs is 7. The summed E-state index contributed by atoms with van der Waals surface area (Å²) in [5.41, 5.74) is 20.1. The van der Waals surface area contributed by atoms with Crippen LogP contribution in [0.5, 0.6) is 0 Å². The Kier molecular flexibility index (Phi) is 9.05. The van der Waals surface area contributed by atoms with E-state index in [9.17, 15) is 0 Å². The van der Waals surface area contributed by atoms with Gasteiger partial charge >= 0.3 is 0 Å². The summed E-state index contributed by atoms with van der Waals surface area (Å²) < 4.78 is 0. The predicted molar refractivity (Wildman–Crippen MR) is 279 cm³/mol. The van der Waals surface area contributed by atoms with E-state index < -0.39 is 10.8 Å². The molecule has 0 unspecified atom stereocenters. The van der Waals surface area contributed by atoms with Gasteiger partial charge in [0.1, 0.15) is 0 Å². The van der Waals surface area contributed by atoms with E-state index in [1.165, 1.54) is 88.7 Å². The summed E-state index contributed by atoms with van der Waals surface area (Å²) in [5.74, 6) is 0. The molecule has 13 rings (SSSR count). The van der Waals surface area contributed by atoms with Crippen LogP contribution in [-0.2, 0) is 10.8 Å². The summed E-state index contributed by atoms with van der Waals surface area (Å²) in [5, 5.41) is 2.41. The molecule has 1 heteroatoms. The molecule has 0 fully saturated rings. The lowest BCUT2D eigenvalue weighted by atomic mass is 9.67. The van der Waals surface area contributed by atoms with E-state index in [-0.39, 0.29) is 0 Å². The number of benzene rings is 11. The van der Waals surface area contributed by atoms with Crippen LogP contribution in [0, 0.1) is 0 Å². The highest BCUT2D eigenvalue weighted by Crippen LogP contribution is 2.60. The lowest BCUT2D eigenvalue weighted by Gasteiger charge is -2.34. The van der Waals surface area contributed by atoms with E-state index in [0.29, 0.717) is 0 Å². The first-order chi connectivity index (χ1) is 33.3. The minimum atomic E-state index is -0.513. The zero-order valence-corrected chi connectivity index (χ0v) is 36.9. The maximum absolute atomic E-state index is 2.50. The standard InChI is InChI=1S/C66H45N/c1-5-23-49(24-6-1)65(50-25-7-2-8-26-50)59-35-18-16-33-57(59)64-60(65)36-20-38-63(64)67(62-37-19-22-47-21-13-14-31-54(47)62)53-42-39-46(40-43-53)48-41-44-56-55-32-15-17-34-58(55)66(61(56)45-48,51-27-9-3-10-28-51)52-29-11-4-12-30-52/h1-45H. The number of anilines is 3. The van der Waals surface area contributed by atoms with Gasteiger partial charge in [-0.3, -0.25) is 0 Å². The lowest BCUT2D eigenvalue weighted by Crippen LogP contribution is -2.28. The molecule has 0 N–H and O–H groups in total. The second-order valence-electron chi connectivity index (χ2n) is 17.9. The van der Waals surface area contributed by atoms with Gasteiger partial charge in [-0.2, -0.15) is 0 Å². The van der Waals surface area contributed by atoms with Crippen molar-refractivity contribution in [1.29, 1.82) is 0 Å². The Hall–Kier alpha value is -8.52. The van der Waals surface area contributed by atoms with E-state index in [2.05, 4.69) is 278 Å². The zero-order valence-electron chi connectivity index (χ0n) is 36.9. The summed E-state index contributed by atoms with van der Waals surface area (Å²) >= 11 is 0. The van der Waals surface area contributed by atoms with Gasteiger partial charge in [-0.1, -0.05) is 243 Å². The molecule has 0 atom stereocenters.